The topological polar surface area (TPSA) is 24.1 Å². The summed E-state index contributed by atoms with van der Waals surface area (Å²) in [6.45, 7) is 4.58. The molecule has 0 aliphatic carbocycles. The minimum atomic E-state index is -0.0312. The summed E-state index contributed by atoms with van der Waals surface area (Å²) in [5.74, 6) is 1.92. The van der Waals surface area contributed by atoms with E-state index < -0.39 is 0 Å². The Labute approximate surface area is 70.1 Å². The summed E-state index contributed by atoms with van der Waals surface area (Å²) in [6.07, 6.45) is 2.80. The van der Waals surface area contributed by atoms with E-state index in [1.807, 2.05) is 26.1 Å². The summed E-state index contributed by atoms with van der Waals surface area (Å²) < 4.78 is 0. The fourth-order valence-electron chi connectivity index (χ4n) is 1.09. The molecule has 0 spiro atoms. The average molecular weight is 152 g/mol. The standard InChI is InChI=1S/C8H17BN2/c1-4-5-8(6-9,11-3)7-10-2/h4,6,9-11H,1,5,7H2,2-3H3. The van der Waals surface area contributed by atoms with E-state index >= 15 is 0 Å². The summed E-state index contributed by atoms with van der Waals surface area (Å²) in [6, 6.07) is 0. The van der Waals surface area contributed by atoms with Gasteiger partial charge in [0, 0.05) is 0 Å². The van der Waals surface area contributed by atoms with Gasteiger partial charge in [-0.15, -0.1) is 0 Å². The molecule has 0 heterocycles. The second kappa shape index (κ2) is 5.27. The Balaban J connectivity index is 4.18. The molecule has 0 aliphatic heterocycles. The van der Waals surface area contributed by atoms with Crippen molar-refractivity contribution in [1.29, 1.82) is 0 Å². The minimum absolute atomic E-state index is 0.0312. The van der Waals surface area contributed by atoms with Gasteiger partial charge in [0.1, 0.15) is 0 Å². The first-order chi connectivity index (χ1) is 5.24. The first-order valence-corrected chi connectivity index (χ1v) is 3.82. The van der Waals surface area contributed by atoms with Crippen LogP contribution in [0.4, 0.5) is 0 Å². The Morgan fingerprint density at radius 1 is 1.55 bits per heavy atom. The summed E-state index contributed by atoms with van der Waals surface area (Å²) in [5.41, 5.74) is -0.0312. The van der Waals surface area contributed by atoms with Gasteiger partial charge in [0.2, 0.25) is 0 Å². The summed E-state index contributed by atoms with van der Waals surface area (Å²) in [4.78, 5) is 0. The monoisotopic (exact) mass is 152 g/mol. The van der Waals surface area contributed by atoms with Gasteiger partial charge in [-0.25, -0.2) is 0 Å². The van der Waals surface area contributed by atoms with Gasteiger partial charge in [0.05, 0.1) is 0 Å². The Bertz CT molecular complexity index is 136. The molecule has 0 bridgehead atoms. The molecule has 0 aromatic carbocycles. The SMILES string of the molecule is B=CC(CC=C)(CNC)NC. The Hall–Kier alpha value is -0.405. The van der Waals surface area contributed by atoms with Crippen LogP contribution in [0.25, 0.3) is 0 Å². The predicted molar refractivity (Wildman–Crippen MR) is 53.7 cm³/mol. The number of likely N-dealkylation sites (N-methyl/N-ethyl adjacent to an activating group) is 2. The molecule has 11 heavy (non-hydrogen) atoms. The van der Waals surface area contributed by atoms with Crippen LogP contribution in [0.5, 0.6) is 0 Å². The van der Waals surface area contributed by atoms with Crippen LogP contribution in [0, 0.1) is 0 Å². The van der Waals surface area contributed by atoms with Crippen LogP contribution in [0.3, 0.4) is 0 Å². The summed E-state index contributed by atoms with van der Waals surface area (Å²) >= 11 is 0. The third-order valence-electron chi connectivity index (χ3n) is 1.89. The van der Waals surface area contributed by atoms with Crippen molar-refractivity contribution in [3.8, 4) is 0 Å². The molecule has 0 saturated carbocycles. The molecular formula is C8H17BN2. The fraction of sp³-hybridized carbons (Fsp3) is 0.625. The molecule has 0 radical (unpaired) electrons. The first-order valence-electron chi connectivity index (χ1n) is 3.82. The fourth-order valence-corrected chi connectivity index (χ4v) is 1.09. The van der Waals surface area contributed by atoms with E-state index in [-0.39, 0.29) is 5.54 Å². The predicted octanol–water partition coefficient (Wildman–Crippen LogP) is -0.557. The van der Waals surface area contributed by atoms with E-state index in [4.69, 9.17) is 0 Å². The van der Waals surface area contributed by atoms with Crippen molar-refractivity contribution in [2.45, 2.75) is 12.0 Å². The van der Waals surface area contributed by atoms with Crippen molar-refractivity contribution in [2.75, 3.05) is 20.6 Å². The molecule has 0 aromatic rings. The van der Waals surface area contributed by atoms with Gasteiger partial charge in [0.15, 0.2) is 0 Å². The van der Waals surface area contributed by atoms with E-state index in [1.54, 1.807) is 0 Å². The molecule has 2 nitrogen and oxygen atoms in total. The summed E-state index contributed by atoms with van der Waals surface area (Å²) in [5, 5.41) is 6.33. The quantitative estimate of drug-likeness (QED) is 0.394. The molecule has 0 aromatic heterocycles. The van der Waals surface area contributed by atoms with Gasteiger partial charge in [-0.2, -0.15) is 0 Å². The molecule has 0 rings (SSSR count). The van der Waals surface area contributed by atoms with E-state index in [2.05, 4.69) is 24.7 Å². The van der Waals surface area contributed by atoms with Crippen LogP contribution in [0.1, 0.15) is 6.42 Å². The molecule has 3 heteroatoms. The molecular weight excluding hydrogens is 135 g/mol. The zero-order valence-corrected chi connectivity index (χ0v) is 7.48. The van der Waals surface area contributed by atoms with Crippen LogP contribution in [-0.4, -0.2) is 39.6 Å². The molecule has 62 valence electrons. The Morgan fingerprint density at radius 3 is 2.45 bits per heavy atom. The Morgan fingerprint density at radius 2 is 2.18 bits per heavy atom. The number of nitrogens with one attached hydrogen (secondary N) is 2. The normalized spacial score (nSPS) is 15.4. The molecule has 0 saturated heterocycles. The molecule has 0 fully saturated rings. The number of hydrogen-bond acceptors (Lipinski definition) is 2. The van der Waals surface area contributed by atoms with Crippen LogP contribution >= 0.6 is 0 Å². The zero-order valence-electron chi connectivity index (χ0n) is 7.48. The second-order valence-corrected chi connectivity index (χ2v) is 2.63. The van der Waals surface area contributed by atoms with E-state index in [0.29, 0.717) is 0 Å². The zero-order chi connectivity index (χ0) is 8.74. The van der Waals surface area contributed by atoms with Crippen LogP contribution < -0.4 is 10.6 Å². The van der Waals surface area contributed by atoms with Crippen molar-refractivity contribution in [3.05, 3.63) is 12.7 Å². The van der Waals surface area contributed by atoms with Gasteiger partial charge in [-0.05, 0) is 0 Å². The first kappa shape index (κ1) is 10.6. The van der Waals surface area contributed by atoms with Gasteiger partial charge < -0.3 is 0 Å². The van der Waals surface area contributed by atoms with Gasteiger partial charge in [-0.1, -0.05) is 0 Å². The van der Waals surface area contributed by atoms with Crippen LogP contribution in [0.15, 0.2) is 12.7 Å². The number of rotatable bonds is 6. The van der Waals surface area contributed by atoms with Crippen molar-refractivity contribution < 1.29 is 0 Å². The van der Waals surface area contributed by atoms with Crippen molar-refractivity contribution in [3.63, 3.8) is 0 Å². The molecule has 0 amide bonds. The van der Waals surface area contributed by atoms with Crippen molar-refractivity contribution in [2.24, 2.45) is 0 Å². The van der Waals surface area contributed by atoms with Crippen LogP contribution in [-0.2, 0) is 0 Å². The number of hydrogen-bond donors (Lipinski definition) is 2. The van der Waals surface area contributed by atoms with Crippen molar-refractivity contribution in [1.82, 2.24) is 10.6 Å². The van der Waals surface area contributed by atoms with E-state index in [9.17, 15) is 0 Å². The summed E-state index contributed by atoms with van der Waals surface area (Å²) in [7, 11) is 7.65. The third-order valence-corrected chi connectivity index (χ3v) is 1.89. The van der Waals surface area contributed by atoms with Gasteiger partial charge >= 0.3 is 69.3 Å². The molecule has 0 aliphatic rings. The maximum atomic E-state index is 3.79. The van der Waals surface area contributed by atoms with E-state index in [1.165, 1.54) is 0 Å². The van der Waals surface area contributed by atoms with Crippen LogP contribution in [0.2, 0.25) is 0 Å². The average Bonchev–Trinajstić information content (AvgIpc) is 2.04. The third kappa shape index (κ3) is 2.99. The van der Waals surface area contributed by atoms with Gasteiger partial charge in [-0.3, -0.25) is 0 Å². The molecule has 1 atom stereocenters. The second-order valence-electron chi connectivity index (χ2n) is 2.63. The molecule has 2 N–H and O–H groups in total. The van der Waals surface area contributed by atoms with Crippen molar-refractivity contribution >= 4 is 13.5 Å². The van der Waals surface area contributed by atoms with E-state index in [0.717, 1.165) is 13.0 Å². The van der Waals surface area contributed by atoms with Gasteiger partial charge in [0.25, 0.3) is 0 Å². The Kier molecular flexibility index (Phi) is 5.08. The molecule has 1 unspecified atom stereocenters. The maximum absolute atomic E-state index is 3.79.